The Morgan fingerprint density at radius 2 is 1.90 bits per heavy atom. The summed E-state index contributed by atoms with van der Waals surface area (Å²) in [6.45, 7) is 2.88. The fraction of sp³-hybridized carbons (Fsp3) is 0.792. The Morgan fingerprint density at radius 3 is 2.38 bits per heavy atom. The monoisotopic (exact) mass is 563 g/mol. The molecule has 0 aromatic heterocycles. The number of likely N-dealkylation sites (tertiary alicyclic amines) is 1. The number of methoxy groups -OCH3 is 1. The van der Waals surface area contributed by atoms with Gasteiger partial charge in [0.1, 0.15) is 18.1 Å². The molecule has 220 valence electrons. The third-order valence-electron chi connectivity index (χ3n) is 7.77. The number of hydrogen-bond donors (Lipinski definition) is 4. The zero-order valence-corrected chi connectivity index (χ0v) is 22.1. The molecule has 5 N–H and O–H groups in total. The molecule has 39 heavy (non-hydrogen) atoms. The van der Waals surface area contributed by atoms with Crippen LogP contribution in [0, 0.1) is 11.8 Å². The summed E-state index contributed by atoms with van der Waals surface area (Å²) in [6.07, 6.45) is -4.86. The van der Waals surface area contributed by atoms with Crippen LogP contribution in [0.1, 0.15) is 52.4 Å². The lowest BCUT2D eigenvalue weighted by Crippen LogP contribution is -2.59. The Hall–Kier alpha value is -3.10. The van der Waals surface area contributed by atoms with Crippen LogP contribution in [0.2, 0.25) is 0 Å². The van der Waals surface area contributed by atoms with Gasteiger partial charge in [0.05, 0.1) is 24.7 Å². The number of carbonyl (C=O) groups excluding carboxylic acids is 5. The summed E-state index contributed by atoms with van der Waals surface area (Å²) >= 11 is 0. The number of rotatable bonds is 10. The van der Waals surface area contributed by atoms with E-state index in [1.807, 2.05) is 6.92 Å². The molecule has 0 bridgehead atoms. The number of nitrogens with two attached hydrogens (primary N) is 1. The lowest BCUT2D eigenvalue weighted by molar-refractivity contribution is -0.172. The second kappa shape index (κ2) is 12.0. The maximum absolute atomic E-state index is 13.7. The standard InChI is InChI=1S/C24H36F3N5O7/c1-12(39-23(2)6-4-7-23)17(31-22(37)38-3)21(36)32-11-14(24(25,26)27)10-16(32)20(35)30-15(18(28)33)9-13-5-8-29-19(13)34/h12-17H,4-11H2,1-3H3,(H2,28,33)(H,29,34)(H,30,35)(H,31,37)/t12-,13+,14-,15+,16+,17+/m1/s1. The number of carbonyl (C=O) groups is 5. The van der Waals surface area contributed by atoms with Crippen molar-refractivity contribution in [3.8, 4) is 0 Å². The number of primary amides is 1. The Morgan fingerprint density at radius 1 is 1.23 bits per heavy atom. The SMILES string of the molecule is COC(=O)N[C@H](C(=O)N1C[C@H](C(F)(F)F)C[C@H]1C(=O)N[C@@H](C[C@@H]1CCNC1=O)C(N)=O)[C@@H](C)OC1(C)CCC1. The molecule has 1 saturated carbocycles. The Balaban J connectivity index is 1.83. The van der Waals surface area contributed by atoms with Gasteiger partial charge in [-0.2, -0.15) is 13.2 Å². The molecular weight excluding hydrogens is 527 g/mol. The van der Waals surface area contributed by atoms with Gasteiger partial charge in [-0.3, -0.25) is 19.2 Å². The maximum atomic E-state index is 13.7. The van der Waals surface area contributed by atoms with Crippen LogP contribution in [0.15, 0.2) is 0 Å². The van der Waals surface area contributed by atoms with E-state index in [9.17, 15) is 37.1 Å². The van der Waals surface area contributed by atoms with Gasteiger partial charge in [-0.1, -0.05) is 0 Å². The number of alkyl halides is 3. The molecule has 3 rings (SSSR count). The van der Waals surface area contributed by atoms with Gasteiger partial charge in [-0.05, 0) is 52.4 Å². The minimum absolute atomic E-state index is 0.133. The van der Waals surface area contributed by atoms with Gasteiger partial charge in [-0.15, -0.1) is 0 Å². The average molecular weight is 564 g/mol. The quantitative estimate of drug-likeness (QED) is 0.297. The number of amides is 5. The van der Waals surface area contributed by atoms with Gasteiger partial charge in [0, 0.05) is 19.0 Å². The molecule has 0 unspecified atom stereocenters. The predicted molar refractivity (Wildman–Crippen MR) is 129 cm³/mol. The minimum Gasteiger partial charge on any atom is -0.453 e. The van der Waals surface area contributed by atoms with Crippen molar-refractivity contribution in [1.82, 2.24) is 20.9 Å². The fourth-order valence-corrected chi connectivity index (χ4v) is 5.29. The average Bonchev–Trinajstić information content (AvgIpc) is 3.47. The molecule has 3 fully saturated rings. The number of nitrogens with zero attached hydrogens (tertiary/aromatic N) is 1. The summed E-state index contributed by atoms with van der Waals surface area (Å²) < 4.78 is 51.8. The highest BCUT2D eigenvalue weighted by Crippen LogP contribution is 2.39. The number of alkyl carbamates (subject to hydrolysis) is 1. The molecule has 12 nitrogen and oxygen atoms in total. The van der Waals surface area contributed by atoms with E-state index >= 15 is 0 Å². The van der Waals surface area contributed by atoms with Crippen LogP contribution in [-0.4, -0.2) is 90.8 Å². The van der Waals surface area contributed by atoms with Crippen LogP contribution >= 0.6 is 0 Å². The van der Waals surface area contributed by atoms with E-state index in [2.05, 4.69) is 20.7 Å². The van der Waals surface area contributed by atoms with Crippen molar-refractivity contribution in [1.29, 1.82) is 0 Å². The number of nitrogens with one attached hydrogen (secondary N) is 3. The summed E-state index contributed by atoms with van der Waals surface area (Å²) in [5.41, 5.74) is 4.85. The summed E-state index contributed by atoms with van der Waals surface area (Å²) in [5.74, 6) is -5.90. The highest BCUT2D eigenvalue weighted by Gasteiger charge is 2.53. The Kier molecular flexibility index (Phi) is 9.34. The maximum Gasteiger partial charge on any atom is 0.407 e. The number of hydrogen-bond acceptors (Lipinski definition) is 7. The molecular formula is C24H36F3N5O7. The summed E-state index contributed by atoms with van der Waals surface area (Å²) in [7, 11) is 1.07. The largest absolute Gasteiger partial charge is 0.453 e. The zero-order valence-electron chi connectivity index (χ0n) is 22.1. The van der Waals surface area contributed by atoms with Gasteiger partial charge in [0.15, 0.2) is 0 Å². The Bertz CT molecular complexity index is 974. The van der Waals surface area contributed by atoms with Crippen molar-refractivity contribution in [2.45, 2.75) is 88.4 Å². The van der Waals surface area contributed by atoms with E-state index < -0.39 is 84.6 Å². The van der Waals surface area contributed by atoms with E-state index in [-0.39, 0.29) is 12.3 Å². The van der Waals surface area contributed by atoms with Gasteiger partial charge in [0.2, 0.25) is 23.6 Å². The van der Waals surface area contributed by atoms with Crippen molar-refractivity contribution in [2.75, 3.05) is 20.2 Å². The lowest BCUT2D eigenvalue weighted by Gasteiger charge is -2.42. The van der Waals surface area contributed by atoms with Gasteiger partial charge in [-0.25, -0.2) is 4.79 Å². The topological polar surface area (TPSA) is 169 Å². The predicted octanol–water partition coefficient (Wildman–Crippen LogP) is 0.334. The molecule has 5 amide bonds. The van der Waals surface area contributed by atoms with Crippen LogP contribution in [0.25, 0.3) is 0 Å². The molecule has 6 atom stereocenters. The van der Waals surface area contributed by atoms with Crippen molar-refractivity contribution >= 4 is 29.7 Å². The molecule has 15 heteroatoms. The van der Waals surface area contributed by atoms with Crippen molar-refractivity contribution < 1.29 is 46.6 Å². The van der Waals surface area contributed by atoms with E-state index in [0.29, 0.717) is 25.8 Å². The first kappa shape index (κ1) is 30.4. The van der Waals surface area contributed by atoms with E-state index in [0.717, 1.165) is 18.4 Å². The summed E-state index contributed by atoms with van der Waals surface area (Å²) in [5, 5.41) is 7.27. The number of ether oxygens (including phenoxy) is 2. The first-order valence-corrected chi connectivity index (χ1v) is 12.9. The zero-order chi connectivity index (χ0) is 29.1. The second-order valence-corrected chi connectivity index (χ2v) is 10.7. The lowest BCUT2D eigenvalue weighted by atomic mass is 9.81. The highest BCUT2D eigenvalue weighted by atomic mass is 19.4. The van der Waals surface area contributed by atoms with Crippen LogP contribution in [0.4, 0.5) is 18.0 Å². The van der Waals surface area contributed by atoms with Crippen LogP contribution < -0.4 is 21.7 Å². The third-order valence-corrected chi connectivity index (χ3v) is 7.77. The van der Waals surface area contributed by atoms with Crippen LogP contribution in [0.5, 0.6) is 0 Å². The molecule has 0 spiro atoms. The second-order valence-electron chi connectivity index (χ2n) is 10.7. The molecule has 0 aromatic rings. The van der Waals surface area contributed by atoms with Crippen molar-refractivity contribution in [3.05, 3.63) is 0 Å². The Labute approximate surface area is 223 Å². The molecule has 0 aromatic carbocycles. The molecule has 1 aliphatic carbocycles. The fourth-order valence-electron chi connectivity index (χ4n) is 5.29. The van der Waals surface area contributed by atoms with E-state index in [1.54, 1.807) is 0 Å². The molecule has 3 aliphatic rings. The molecule has 2 heterocycles. The van der Waals surface area contributed by atoms with E-state index in [4.69, 9.17) is 10.5 Å². The summed E-state index contributed by atoms with van der Waals surface area (Å²) in [4.78, 5) is 63.6. The molecule has 2 aliphatic heterocycles. The molecule has 0 radical (unpaired) electrons. The minimum atomic E-state index is -4.72. The van der Waals surface area contributed by atoms with Crippen LogP contribution in [-0.2, 0) is 28.7 Å². The number of halogens is 3. The van der Waals surface area contributed by atoms with Gasteiger partial charge >= 0.3 is 12.3 Å². The van der Waals surface area contributed by atoms with Crippen molar-refractivity contribution in [2.24, 2.45) is 17.6 Å². The third kappa shape index (κ3) is 7.31. The van der Waals surface area contributed by atoms with Gasteiger partial charge in [0.25, 0.3) is 0 Å². The normalized spacial score (nSPS) is 26.6. The van der Waals surface area contributed by atoms with Crippen molar-refractivity contribution in [3.63, 3.8) is 0 Å². The first-order valence-electron chi connectivity index (χ1n) is 12.9. The summed E-state index contributed by atoms with van der Waals surface area (Å²) in [6, 6.07) is -4.40. The van der Waals surface area contributed by atoms with Gasteiger partial charge < -0.3 is 36.1 Å². The molecule has 2 saturated heterocycles. The van der Waals surface area contributed by atoms with Crippen LogP contribution in [0.3, 0.4) is 0 Å². The smallest absolute Gasteiger partial charge is 0.407 e. The first-order chi connectivity index (χ1) is 18.1. The van der Waals surface area contributed by atoms with E-state index in [1.165, 1.54) is 6.92 Å². The highest BCUT2D eigenvalue weighted by molar-refractivity contribution is 5.94.